The van der Waals surface area contributed by atoms with Crippen LogP contribution in [0.25, 0.3) is 0 Å². The van der Waals surface area contributed by atoms with E-state index in [4.69, 9.17) is 9.84 Å². The van der Waals surface area contributed by atoms with Gasteiger partial charge >= 0.3 is 0 Å². The normalized spacial score (nSPS) is 34.2. The molecule has 0 spiro atoms. The van der Waals surface area contributed by atoms with Crippen LogP contribution in [0.1, 0.15) is 26.2 Å². The minimum absolute atomic E-state index is 0.333. The monoisotopic (exact) mass is 144 g/mol. The van der Waals surface area contributed by atoms with Crippen LogP contribution in [0.4, 0.5) is 0 Å². The molecule has 10 heavy (non-hydrogen) atoms. The van der Waals surface area contributed by atoms with Crippen LogP contribution in [0.5, 0.6) is 0 Å². The van der Waals surface area contributed by atoms with E-state index in [2.05, 4.69) is 6.92 Å². The van der Waals surface area contributed by atoms with Crippen molar-refractivity contribution in [2.45, 2.75) is 32.3 Å². The van der Waals surface area contributed by atoms with Gasteiger partial charge in [-0.1, -0.05) is 6.92 Å². The summed E-state index contributed by atoms with van der Waals surface area (Å²) in [6.45, 7) is 3.30. The van der Waals surface area contributed by atoms with E-state index < -0.39 is 0 Å². The van der Waals surface area contributed by atoms with Gasteiger partial charge in [0.25, 0.3) is 0 Å². The Morgan fingerprint density at radius 3 is 3.00 bits per heavy atom. The van der Waals surface area contributed by atoms with E-state index in [-0.39, 0.29) is 0 Å². The fourth-order valence-electron chi connectivity index (χ4n) is 1.41. The summed E-state index contributed by atoms with van der Waals surface area (Å²) in [4.78, 5) is 0. The van der Waals surface area contributed by atoms with Gasteiger partial charge in [-0.25, -0.2) is 0 Å². The first-order valence-electron chi connectivity index (χ1n) is 4.09. The van der Waals surface area contributed by atoms with Crippen molar-refractivity contribution in [1.82, 2.24) is 0 Å². The highest BCUT2D eigenvalue weighted by atomic mass is 16.5. The summed E-state index contributed by atoms with van der Waals surface area (Å²) in [5, 5.41) is 8.85. The molecule has 0 aromatic rings. The van der Waals surface area contributed by atoms with Crippen molar-refractivity contribution in [1.29, 1.82) is 0 Å². The van der Waals surface area contributed by atoms with Crippen LogP contribution in [0, 0.1) is 5.92 Å². The standard InChI is InChI=1S/C8H16O2/c1-2-8-5-7(6-9)3-4-10-8/h7-9H,2-6H2,1H3. The van der Waals surface area contributed by atoms with Crippen LogP contribution < -0.4 is 0 Å². The highest BCUT2D eigenvalue weighted by Gasteiger charge is 2.19. The number of rotatable bonds is 2. The molecule has 1 fully saturated rings. The zero-order valence-corrected chi connectivity index (χ0v) is 6.55. The van der Waals surface area contributed by atoms with Crippen molar-refractivity contribution in [2.24, 2.45) is 5.92 Å². The molecule has 2 unspecified atom stereocenters. The number of hydrogen-bond acceptors (Lipinski definition) is 2. The van der Waals surface area contributed by atoms with E-state index in [1.807, 2.05) is 0 Å². The van der Waals surface area contributed by atoms with E-state index in [0.717, 1.165) is 25.9 Å². The Bertz CT molecular complexity index is 83.3. The molecule has 1 heterocycles. The molecule has 0 radical (unpaired) electrons. The average Bonchev–Trinajstić information content (AvgIpc) is 2.05. The average molecular weight is 144 g/mol. The van der Waals surface area contributed by atoms with Gasteiger partial charge in [-0.15, -0.1) is 0 Å². The summed E-state index contributed by atoms with van der Waals surface area (Å²) < 4.78 is 5.45. The first-order valence-corrected chi connectivity index (χ1v) is 4.09. The SMILES string of the molecule is CCC1CC(CO)CCO1. The summed E-state index contributed by atoms with van der Waals surface area (Å²) in [6.07, 6.45) is 3.57. The number of ether oxygens (including phenoxy) is 1. The number of aliphatic hydroxyl groups excluding tert-OH is 1. The Morgan fingerprint density at radius 2 is 2.40 bits per heavy atom. The molecule has 0 aliphatic carbocycles. The van der Waals surface area contributed by atoms with Crippen LogP contribution >= 0.6 is 0 Å². The Labute approximate surface area is 62.2 Å². The minimum atomic E-state index is 0.333. The third-order valence-corrected chi connectivity index (χ3v) is 2.19. The van der Waals surface area contributed by atoms with Crippen molar-refractivity contribution in [3.05, 3.63) is 0 Å². The molecular formula is C8H16O2. The van der Waals surface area contributed by atoms with Crippen molar-refractivity contribution >= 4 is 0 Å². The minimum Gasteiger partial charge on any atom is -0.396 e. The maximum atomic E-state index is 8.85. The largest absolute Gasteiger partial charge is 0.396 e. The molecule has 0 amide bonds. The smallest absolute Gasteiger partial charge is 0.0576 e. The maximum absolute atomic E-state index is 8.85. The lowest BCUT2D eigenvalue weighted by molar-refractivity contribution is -0.0223. The van der Waals surface area contributed by atoms with Gasteiger partial charge in [-0.3, -0.25) is 0 Å². The molecule has 2 heteroatoms. The van der Waals surface area contributed by atoms with E-state index >= 15 is 0 Å². The van der Waals surface area contributed by atoms with Crippen molar-refractivity contribution in [3.8, 4) is 0 Å². The zero-order chi connectivity index (χ0) is 7.40. The highest BCUT2D eigenvalue weighted by molar-refractivity contribution is 4.69. The summed E-state index contributed by atoms with van der Waals surface area (Å²) in [7, 11) is 0. The van der Waals surface area contributed by atoms with E-state index in [1.54, 1.807) is 0 Å². The molecule has 1 N–H and O–H groups in total. The highest BCUT2D eigenvalue weighted by Crippen LogP contribution is 2.20. The van der Waals surface area contributed by atoms with Crippen molar-refractivity contribution in [2.75, 3.05) is 13.2 Å². The number of hydrogen-bond donors (Lipinski definition) is 1. The zero-order valence-electron chi connectivity index (χ0n) is 6.55. The first kappa shape index (κ1) is 8.02. The topological polar surface area (TPSA) is 29.5 Å². The van der Waals surface area contributed by atoms with Gasteiger partial charge < -0.3 is 9.84 Å². The van der Waals surface area contributed by atoms with Crippen LogP contribution in [-0.4, -0.2) is 24.4 Å². The van der Waals surface area contributed by atoms with Crippen LogP contribution in [0.15, 0.2) is 0 Å². The van der Waals surface area contributed by atoms with Crippen LogP contribution in [0.3, 0.4) is 0 Å². The Kier molecular flexibility index (Phi) is 3.16. The summed E-state index contributed by atoms with van der Waals surface area (Å²) in [5.74, 6) is 0.499. The molecule has 0 saturated carbocycles. The lowest BCUT2D eigenvalue weighted by atomic mass is 9.95. The van der Waals surface area contributed by atoms with Gasteiger partial charge in [0.2, 0.25) is 0 Å². The molecule has 60 valence electrons. The van der Waals surface area contributed by atoms with Crippen LogP contribution in [-0.2, 0) is 4.74 Å². The molecule has 2 nitrogen and oxygen atoms in total. The molecule has 1 saturated heterocycles. The Morgan fingerprint density at radius 1 is 1.60 bits per heavy atom. The Balaban J connectivity index is 2.25. The lowest BCUT2D eigenvalue weighted by Gasteiger charge is -2.27. The second-order valence-electron chi connectivity index (χ2n) is 2.97. The molecular weight excluding hydrogens is 128 g/mol. The van der Waals surface area contributed by atoms with Gasteiger partial charge in [-0.2, -0.15) is 0 Å². The van der Waals surface area contributed by atoms with E-state index in [0.29, 0.717) is 18.6 Å². The van der Waals surface area contributed by atoms with E-state index in [1.165, 1.54) is 0 Å². The van der Waals surface area contributed by atoms with Gasteiger partial charge in [0.1, 0.15) is 0 Å². The summed E-state index contributed by atoms with van der Waals surface area (Å²) >= 11 is 0. The second kappa shape index (κ2) is 3.94. The van der Waals surface area contributed by atoms with Gasteiger partial charge in [0.15, 0.2) is 0 Å². The van der Waals surface area contributed by atoms with Gasteiger partial charge in [0, 0.05) is 13.2 Å². The Hall–Kier alpha value is -0.0800. The summed E-state index contributed by atoms with van der Waals surface area (Å²) in [5.41, 5.74) is 0. The third-order valence-electron chi connectivity index (χ3n) is 2.19. The quantitative estimate of drug-likeness (QED) is 0.630. The molecule has 1 rings (SSSR count). The number of aliphatic hydroxyl groups is 1. The third kappa shape index (κ3) is 1.96. The molecule has 0 aromatic carbocycles. The molecule has 0 aromatic heterocycles. The predicted molar refractivity (Wildman–Crippen MR) is 39.8 cm³/mol. The lowest BCUT2D eigenvalue weighted by Crippen LogP contribution is -2.26. The molecule has 1 aliphatic heterocycles. The predicted octanol–water partition coefficient (Wildman–Crippen LogP) is 1.18. The van der Waals surface area contributed by atoms with Crippen molar-refractivity contribution < 1.29 is 9.84 Å². The maximum Gasteiger partial charge on any atom is 0.0576 e. The van der Waals surface area contributed by atoms with Crippen molar-refractivity contribution in [3.63, 3.8) is 0 Å². The summed E-state index contributed by atoms with van der Waals surface area (Å²) in [6, 6.07) is 0. The fourth-order valence-corrected chi connectivity index (χ4v) is 1.41. The second-order valence-corrected chi connectivity index (χ2v) is 2.97. The van der Waals surface area contributed by atoms with Gasteiger partial charge in [-0.05, 0) is 25.2 Å². The molecule has 0 bridgehead atoms. The fraction of sp³-hybridized carbons (Fsp3) is 1.00. The van der Waals surface area contributed by atoms with Crippen LogP contribution in [0.2, 0.25) is 0 Å². The van der Waals surface area contributed by atoms with E-state index in [9.17, 15) is 0 Å². The molecule has 1 aliphatic rings. The molecule has 2 atom stereocenters. The first-order chi connectivity index (χ1) is 4.86. The van der Waals surface area contributed by atoms with Gasteiger partial charge in [0.05, 0.1) is 6.10 Å².